The summed E-state index contributed by atoms with van der Waals surface area (Å²) in [5, 5.41) is 4.26. The van der Waals surface area contributed by atoms with Crippen LogP contribution in [-0.4, -0.2) is 16.2 Å². The zero-order valence-corrected chi connectivity index (χ0v) is 13.6. The molecule has 25 heavy (non-hydrogen) atoms. The van der Waals surface area contributed by atoms with Gasteiger partial charge in [0.25, 0.3) is 0 Å². The topological polar surface area (TPSA) is 58.0 Å². The van der Waals surface area contributed by atoms with Gasteiger partial charge in [-0.2, -0.15) is 4.79 Å². The number of oxime groups is 1. The highest BCUT2D eigenvalue weighted by Crippen LogP contribution is 2.10. The Labute approximate surface area is 146 Å². The second-order valence-corrected chi connectivity index (χ2v) is 5.38. The molecule has 0 unspecified atom stereocenters. The molecule has 0 heterocycles. The lowest BCUT2D eigenvalue weighted by Crippen LogP contribution is -2.19. The highest BCUT2D eigenvalue weighted by molar-refractivity contribution is 6.51. The maximum atomic E-state index is 9.58. The van der Waals surface area contributed by atoms with Gasteiger partial charge in [0.15, 0.2) is 5.71 Å². The van der Waals surface area contributed by atoms with E-state index in [1.807, 2.05) is 91.0 Å². The first-order valence-corrected chi connectivity index (χ1v) is 7.95. The van der Waals surface area contributed by atoms with Crippen LogP contribution in [0.1, 0.15) is 16.7 Å². The lowest BCUT2D eigenvalue weighted by atomic mass is 10.0. The third kappa shape index (κ3) is 4.28. The van der Waals surface area contributed by atoms with Gasteiger partial charge in [-0.15, -0.1) is 0 Å². The molecule has 0 aliphatic heterocycles. The molecule has 0 atom stereocenters. The van der Waals surface area contributed by atoms with E-state index in [9.17, 15) is 5.53 Å². The van der Waals surface area contributed by atoms with Crippen molar-refractivity contribution in [3.63, 3.8) is 0 Å². The van der Waals surface area contributed by atoms with Crippen LogP contribution in [0.5, 0.6) is 0 Å². The molecule has 4 nitrogen and oxygen atoms in total. The molecule has 0 saturated heterocycles. The number of rotatable bonds is 6. The first-order valence-electron chi connectivity index (χ1n) is 7.95. The molecule has 4 heteroatoms. The molecule has 0 N–H and O–H groups in total. The fourth-order valence-corrected chi connectivity index (χ4v) is 2.41. The highest BCUT2D eigenvalue weighted by atomic mass is 16.6. The molecular formula is C21H17N3O. The van der Waals surface area contributed by atoms with Crippen LogP contribution in [0, 0.1) is 0 Å². The summed E-state index contributed by atoms with van der Waals surface area (Å²) in [6.07, 6.45) is 0. The third-order valence-electron chi connectivity index (χ3n) is 3.65. The third-order valence-corrected chi connectivity index (χ3v) is 3.65. The quantitative estimate of drug-likeness (QED) is 0.288. The highest BCUT2D eigenvalue weighted by Gasteiger charge is 2.23. The maximum absolute atomic E-state index is 9.58. The van der Waals surface area contributed by atoms with Crippen molar-refractivity contribution in [2.45, 2.75) is 6.61 Å². The molecular weight excluding hydrogens is 310 g/mol. The van der Waals surface area contributed by atoms with Gasteiger partial charge in [-0.25, -0.2) is 0 Å². The number of benzene rings is 3. The normalized spacial score (nSPS) is 10.8. The summed E-state index contributed by atoms with van der Waals surface area (Å²) >= 11 is 0. The van der Waals surface area contributed by atoms with Crippen LogP contribution in [0.25, 0.3) is 5.53 Å². The van der Waals surface area contributed by atoms with E-state index in [1.165, 1.54) is 0 Å². The lowest BCUT2D eigenvalue weighted by molar-refractivity contribution is -0.000889. The minimum Gasteiger partial charge on any atom is -0.390 e. The van der Waals surface area contributed by atoms with E-state index in [1.54, 1.807) is 0 Å². The Kier molecular flexibility index (Phi) is 5.49. The summed E-state index contributed by atoms with van der Waals surface area (Å²) in [6, 6.07) is 28.7. The Morgan fingerprint density at radius 3 is 1.84 bits per heavy atom. The summed E-state index contributed by atoms with van der Waals surface area (Å²) in [7, 11) is 0. The molecule has 0 aliphatic carbocycles. The Bertz CT molecular complexity index is 884. The molecule has 0 bridgehead atoms. The van der Waals surface area contributed by atoms with Crippen LogP contribution in [-0.2, 0) is 11.4 Å². The van der Waals surface area contributed by atoms with E-state index in [0.29, 0.717) is 18.0 Å². The maximum Gasteiger partial charge on any atom is 0.351 e. The van der Waals surface area contributed by atoms with Gasteiger partial charge in [0, 0.05) is 5.56 Å². The van der Waals surface area contributed by atoms with Crippen LogP contribution in [0.4, 0.5) is 0 Å². The molecule has 0 radical (unpaired) electrons. The Morgan fingerprint density at radius 2 is 1.28 bits per heavy atom. The smallest absolute Gasteiger partial charge is 0.351 e. The van der Waals surface area contributed by atoms with Crippen molar-refractivity contribution in [3.05, 3.63) is 113 Å². The Hall–Kier alpha value is -3.49. The van der Waals surface area contributed by atoms with Crippen LogP contribution < -0.4 is 0 Å². The average Bonchev–Trinajstić information content (AvgIpc) is 2.70. The van der Waals surface area contributed by atoms with E-state index in [-0.39, 0.29) is 0 Å². The Morgan fingerprint density at radius 1 is 0.760 bits per heavy atom. The summed E-state index contributed by atoms with van der Waals surface area (Å²) < 4.78 is 0. The van der Waals surface area contributed by atoms with Crippen molar-refractivity contribution in [1.29, 1.82) is 0 Å². The molecule has 3 aromatic rings. The summed E-state index contributed by atoms with van der Waals surface area (Å²) in [4.78, 5) is 9.00. The Balaban J connectivity index is 1.93. The molecule has 0 aromatic heterocycles. The molecule has 0 aliphatic rings. The lowest BCUT2D eigenvalue weighted by Gasteiger charge is -2.04. The van der Waals surface area contributed by atoms with Gasteiger partial charge in [-0.3, -0.25) is 0 Å². The summed E-state index contributed by atoms with van der Waals surface area (Å²) in [6.45, 7) is 0.338. The second kappa shape index (κ2) is 8.39. The van der Waals surface area contributed by atoms with Crippen molar-refractivity contribution >= 4 is 11.4 Å². The van der Waals surface area contributed by atoms with E-state index in [0.717, 1.165) is 16.7 Å². The molecule has 0 spiro atoms. The summed E-state index contributed by atoms with van der Waals surface area (Å²) in [5.41, 5.74) is 13.0. The monoisotopic (exact) mass is 327 g/mol. The predicted molar refractivity (Wildman–Crippen MR) is 98.4 cm³/mol. The fourth-order valence-electron chi connectivity index (χ4n) is 2.41. The SMILES string of the molecule is [N-]=[N+]=C(C(=NOCc1ccccc1)c1ccccc1)c1ccccc1. The molecule has 3 aromatic carbocycles. The van der Waals surface area contributed by atoms with Crippen molar-refractivity contribution in [1.82, 2.24) is 0 Å². The first-order chi connectivity index (χ1) is 12.4. The predicted octanol–water partition coefficient (Wildman–Crippen LogP) is 4.33. The van der Waals surface area contributed by atoms with Crippen molar-refractivity contribution < 1.29 is 9.63 Å². The van der Waals surface area contributed by atoms with Crippen LogP contribution in [0.15, 0.2) is 96.2 Å². The summed E-state index contributed by atoms with van der Waals surface area (Å²) in [5.74, 6) is 0. The minimum absolute atomic E-state index is 0.338. The first kappa shape index (κ1) is 16.4. The number of hydrogen-bond donors (Lipinski definition) is 0. The zero-order valence-electron chi connectivity index (χ0n) is 13.6. The molecule has 122 valence electrons. The van der Waals surface area contributed by atoms with Crippen LogP contribution in [0.3, 0.4) is 0 Å². The fraction of sp³-hybridized carbons (Fsp3) is 0.0476. The van der Waals surface area contributed by atoms with Gasteiger partial charge in [-0.05, 0) is 17.7 Å². The van der Waals surface area contributed by atoms with Gasteiger partial charge in [0.1, 0.15) is 6.61 Å². The largest absolute Gasteiger partial charge is 0.390 e. The van der Waals surface area contributed by atoms with Gasteiger partial charge < -0.3 is 10.4 Å². The van der Waals surface area contributed by atoms with Crippen LogP contribution >= 0.6 is 0 Å². The van der Waals surface area contributed by atoms with Gasteiger partial charge in [0.05, 0.1) is 5.56 Å². The van der Waals surface area contributed by atoms with E-state index >= 15 is 0 Å². The standard InChI is InChI=1S/C21H17N3O/c22-23-20(18-12-6-2-7-13-18)21(19-14-8-3-9-15-19)24-25-16-17-10-4-1-5-11-17/h1-15H,16H2. The van der Waals surface area contributed by atoms with Gasteiger partial charge in [0.2, 0.25) is 0 Å². The zero-order chi connectivity index (χ0) is 17.3. The second-order valence-electron chi connectivity index (χ2n) is 5.38. The van der Waals surface area contributed by atoms with Gasteiger partial charge >= 0.3 is 5.71 Å². The molecule has 0 fully saturated rings. The minimum atomic E-state index is 0.338. The number of nitrogens with zero attached hydrogens (tertiary/aromatic N) is 3. The van der Waals surface area contributed by atoms with Crippen LogP contribution in [0.2, 0.25) is 0 Å². The average molecular weight is 327 g/mol. The molecule has 0 amide bonds. The van der Waals surface area contributed by atoms with E-state index in [2.05, 4.69) is 9.95 Å². The van der Waals surface area contributed by atoms with E-state index < -0.39 is 0 Å². The van der Waals surface area contributed by atoms with Crippen molar-refractivity contribution in [2.75, 3.05) is 0 Å². The molecule has 0 saturated carbocycles. The van der Waals surface area contributed by atoms with Crippen molar-refractivity contribution in [2.24, 2.45) is 5.16 Å². The van der Waals surface area contributed by atoms with Crippen molar-refractivity contribution in [3.8, 4) is 0 Å². The molecule has 3 rings (SSSR count). The van der Waals surface area contributed by atoms with Gasteiger partial charge in [-0.1, -0.05) is 84.0 Å². The van der Waals surface area contributed by atoms with E-state index in [4.69, 9.17) is 4.84 Å². The number of hydrogen-bond acceptors (Lipinski definition) is 2.